The molecule has 2 amide bonds. The Kier molecular flexibility index (Phi) is 5.50. The first kappa shape index (κ1) is 18.6. The number of hydrogen-bond acceptors (Lipinski definition) is 3. The number of nitrogens with one attached hydrogen (secondary N) is 1. The highest BCUT2D eigenvalue weighted by Gasteiger charge is 2.20. The minimum absolute atomic E-state index is 0.161. The molecule has 0 bridgehead atoms. The molecule has 0 aliphatic rings. The number of nitrogens with zero attached hydrogens (tertiary/aromatic N) is 1. The second-order valence-electron chi connectivity index (χ2n) is 6.71. The zero-order chi connectivity index (χ0) is 19.4. The van der Waals surface area contributed by atoms with Crippen LogP contribution in [0.2, 0.25) is 0 Å². The molecule has 5 heteroatoms. The van der Waals surface area contributed by atoms with E-state index in [1.807, 2.05) is 68.4 Å². The van der Waals surface area contributed by atoms with Crippen LogP contribution in [-0.4, -0.2) is 22.8 Å². The van der Waals surface area contributed by atoms with Crippen LogP contribution >= 0.6 is 0 Å². The fourth-order valence-electron chi connectivity index (χ4n) is 3.31. The van der Waals surface area contributed by atoms with E-state index < -0.39 is 11.9 Å². The lowest BCUT2D eigenvalue weighted by Crippen LogP contribution is -2.46. The van der Waals surface area contributed by atoms with Crippen molar-refractivity contribution in [2.24, 2.45) is 5.73 Å². The van der Waals surface area contributed by atoms with Crippen LogP contribution in [0.15, 0.2) is 54.6 Å². The monoisotopic (exact) mass is 361 g/mol. The fraction of sp³-hybridized carbons (Fsp3) is 0.227. The zero-order valence-corrected chi connectivity index (χ0v) is 15.5. The second kappa shape index (κ2) is 7.99. The van der Waals surface area contributed by atoms with Crippen molar-refractivity contribution in [2.45, 2.75) is 32.7 Å². The number of fused-ring (bicyclic) bond motifs is 1. The highest BCUT2D eigenvalue weighted by Crippen LogP contribution is 2.22. The molecule has 3 N–H and O–H groups in total. The van der Waals surface area contributed by atoms with Crippen LogP contribution in [0.5, 0.6) is 0 Å². The van der Waals surface area contributed by atoms with Gasteiger partial charge in [0.15, 0.2) is 0 Å². The first-order valence-corrected chi connectivity index (χ1v) is 8.93. The van der Waals surface area contributed by atoms with Crippen LogP contribution in [0.25, 0.3) is 10.9 Å². The Morgan fingerprint density at radius 1 is 1.04 bits per heavy atom. The van der Waals surface area contributed by atoms with Crippen molar-refractivity contribution in [3.8, 4) is 0 Å². The summed E-state index contributed by atoms with van der Waals surface area (Å²) in [5.41, 5.74) is 10.1. The van der Waals surface area contributed by atoms with Gasteiger partial charge in [-0.1, -0.05) is 48.5 Å². The molecule has 0 radical (unpaired) electrons. The van der Waals surface area contributed by atoms with E-state index in [9.17, 15) is 9.59 Å². The molecule has 2 aromatic carbocycles. The minimum Gasteiger partial charge on any atom is -0.368 e. The Bertz CT molecular complexity index is 984. The van der Waals surface area contributed by atoms with Gasteiger partial charge in [-0.25, -0.2) is 0 Å². The predicted octanol–water partition coefficient (Wildman–Crippen LogP) is 2.61. The summed E-state index contributed by atoms with van der Waals surface area (Å²) < 4.78 is 0. The van der Waals surface area contributed by atoms with Gasteiger partial charge in [-0.3, -0.25) is 14.6 Å². The second-order valence-corrected chi connectivity index (χ2v) is 6.71. The number of hydrogen-bond donors (Lipinski definition) is 2. The molecule has 1 aromatic heterocycles. The van der Waals surface area contributed by atoms with Crippen molar-refractivity contribution in [2.75, 3.05) is 0 Å². The topological polar surface area (TPSA) is 85.1 Å². The van der Waals surface area contributed by atoms with Gasteiger partial charge in [-0.05, 0) is 36.6 Å². The Labute approximate surface area is 158 Å². The molecule has 0 aliphatic heterocycles. The summed E-state index contributed by atoms with van der Waals surface area (Å²) in [7, 11) is 0. The Morgan fingerprint density at radius 2 is 1.70 bits per heavy atom. The SMILES string of the molecule is Cc1nc2ccccc2c(C)c1CC(=O)NC(Cc1ccccc1)C(N)=O. The molecule has 0 spiro atoms. The molecule has 0 saturated heterocycles. The molecule has 3 rings (SSSR count). The largest absolute Gasteiger partial charge is 0.368 e. The molecule has 5 nitrogen and oxygen atoms in total. The maximum atomic E-state index is 12.6. The third-order valence-corrected chi connectivity index (χ3v) is 4.78. The molecule has 1 heterocycles. The zero-order valence-electron chi connectivity index (χ0n) is 15.5. The average molecular weight is 361 g/mol. The molecule has 0 aliphatic carbocycles. The lowest BCUT2D eigenvalue weighted by Gasteiger charge is -2.17. The number of primary amides is 1. The Morgan fingerprint density at radius 3 is 2.41 bits per heavy atom. The fourth-order valence-corrected chi connectivity index (χ4v) is 3.31. The van der Waals surface area contributed by atoms with Gasteiger partial charge < -0.3 is 11.1 Å². The van der Waals surface area contributed by atoms with E-state index in [1.54, 1.807) is 0 Å². The number of benzene rings is 2. The molecule has 3 aromatic rings. The van der Waals surface area contributed by atoms with Crippen molar-refractivity contribution in [1.82, 2.24) is 10.3 Å². The Balaban J connectivity index is 1.78. The van der Waals surface area contributed by atoms with Gasteiger partial charge in [0.05, 0.1) is 11.9 Å². The normalized spacial score (nSPS) is 11.9. The number of amides is 2. The summed E-state index contributed by atoms with van der Waals surface area (Å²) in [6.45, 7) is 3.90. The summed E-state index contributed by atoms with van der Waals surface area (Å²) in [5, 5.41) is 3.80. The van der Waals surface area contributed by atoms with Gasteiger partial charge in [-0.2, -0.15) is 0 Å². The number of nitrogens with two attached hydrogens (primary N) is 1. The van der Waals surface area contributed by atoms with Gasteiger partial charge in [-0.15, -0.1) is 0 Å². The van der Waals surface area contributed by atoms with Gasteiger partial charge in [0.25, 0.3) is 0 Å². The van der Waals surface area contributed by atoms with Crippen molar-refractivity contribution in [1.29, 1.82) is 0 Å². The summed E-state index contributed by atoms with van der Waals surface area (Å²) in [6.07, 6.45) is 0.532. The van der Waals surface area contributed by atoms with Crippen LogP contribution in [0, 0.1) is 13.8 Å². The van der Waals surface area contributed by atoms with E-state index in [0.717, 1.165) is 33.3 Å². The number of para-hydroxylation sites is 1. The first-order chi connectivity index (χ1) is 13.0. The van der Waals surface area contributed by atoms with Crippen molar-refractivity contribution < 1.29 is 9.59 Å². The van der Waals surface area contributed by atoms with Crippen molar-refractivity contribution in [3.05, 3.63) is 77.0 Å². The van der Waals surface area contributed by atoms with E-state index in [0.29, 0.717) is 6.42 Å². The molecular weight excluding hydrogens is 338 g/mol. The lowest BCUT2D eigenvalue weighted by atomic mass is 9.99. The number of pyridine rings is 1. The van der Waals surface area contributed by atoms with E-state index in [2.05, 4.69) is 10.3 Å². The quantitative estimate of drug-likeness (QED) is 0.708. The summed E-state index contributed by atoms with van der Waals surface area (Å²) in [4.78, 5) is 29.0. The lowest BCUT2D eigenvalue weighted by molar-refractivity contribution is -0.127. The molecule has 0 saturated carbocycles. The number of carbonyl (C=O) groups excluding carboxylic acids is 2. The van der Waals surface area contributed by atoms with E-state index in [4.69, 9.17) is 5.73 Å². The molecule has 1 unspecified atom stereocenters. The van der Waals surface area contributed by atoms with Gasteiger partial charge >= 0.3 is 0 Å². The average Bonchev–Trinajstić information content (AvgIpc) is 2.65. The number of aromatic nitrogens is 1. The third kappa shape index (κ3) is 4.31. The van der Waals surface area contributed by atoms with Crippen LogP contribution in [0.4, 0.5) is 0 Å². The first-order valence-electron chi connectivity index (χ1n) is 8.93. The molecule has 1 atom stereocenters. The number of rotatable bonds is 6. The summed E-state index contributed by atoms with van der Waals surface area (Å²) in [5.74, 6) is -0.782. The summed E-state index contributed by atoms with van der Waals surface area (Å²) in [6, 6.07) is 16.6. The van der Waals surface area contributed by atoms with Crippen LogP contribution in [0.1, 0.15) is 22.4 Å². The standard InChI is InChI=1S/C22H23N3O2/c1-14-17-10-6-7-11-19(17)24-15(2)18(14)13-21(26)25-20(22(23)27)12-16-8-4-3-5-9-16/h3-11,20H,12-13H2,1-2H3,(H2,23,27)(H,25,26). The molecule has 0 fully saturated rings. The number of aryl methyl sites for hydroxylation is 2. The summed E-state index contributed by atoms with van der Waals surface area (Å²) >= 11 is 0. The maximum Gasteiger partial charge on any atom is 0.240 e. The van der Waals surface area contributed by atoms with Gasteiger partial charge in [0, 0.05) is 17.5 Å². The third-order valence-electron chi connectivity index (χ3n) is 4.78. The van der Waals surface area contributed by atoms with Crippen LogP contribution in [-0.2, 0) is 22.4 Å². The highest BCUT2D eigenvalue weighted by atomic mass is 16.2. The van der Waals surface area contributed by atoms with Crippen molar-refractivity contribution >= 4 is 22.7 Å². The van der Waals surface area contributed by atoms with E-state index >= 15 is 0 Å². The number of carbonyl (C=O) groups is 2. The molecule has 138 valence electrons. The highest BCUT2D eigenvalue weighted by molar-refractivity contribution is 5.89. The van der Waals surface area contributed by atoms with Crippen LogP contribution < -0.4 is 11.1 Å². The molecular formula is C22H23N3O2. The minimum atomic E-state index is -0.742. The van der Waals surface area contributed by atoms with Crippen molar-refractivity contribution in [3.63, 3.8) is 0 Å². The maximum absolute atomic E-state index is 12.6. The van der Waals surface area contributed by atoms with E-state index in [-0.39, 0.29) is 12.3 Å². The van der Waals surface area contributed by atoms with Crippen LogP contribution in [0.3, 0.4) is 0 Å². The predicted molar refractivity (Wildman–Crippen MR) is 106 cm³/mol. The Hall–Kier alpha value is -3.21. The smallest absolute Gasteiger partial charge is 0.240 e. The molecule has 27 heavy (non-hydrogen) atoms. The van der Waals surface area contributed by atoms with Gasteiger partial charge in [0.2, 0.25) is 11.8 Å². The van der Waals surface area contributed by atoms with E-state index in [1.165, 1.54) is 0 Å². The van der Waals surface area contributed by atoms with Gasteiger partial charge in [0.1, 0.15) is 6.04 Å².